The standard InChI is InChI=1S/C20H22N4O5/c1-11-18(23-29-22-11)15-5-4-6-24(15)9-14-12(2)28-20(21-14)13-7-16(25-3)19-17(8-13)26-10-27-19/h7-8,15H,4-6,9-10H2,1-3H3/t15-/m0/s1. The van der Waals surface area contributed by atoms with Crippen molar-refractivity contribution < 1.29 is 23.3 Å². The third kappa shape index (κ3) is 3.11. The molecule has 1 aromatic carbocycles. The normalized spacial score (nSPS) is 18.5. The Hall–Kier alpha value is -3.07. The Morgan fingerprint density at radius 3 is 2.90 bits per heavy atom. The molecule has 3 aromatic rings. The van der Waals surface area contributed by atoms with Gasteiger partial charge in [0.2, 0.25) is 18.4 Å². The summed E-state index contributed by atoms with van der Waals surface area (Å²) in [5.41, 5.74) is 3.43. The number of ether oxygens (including phenoxy) is 3. The van der Waals surface area contributed by atoms with Crippen LogP contribution >= 0.6 is 0 Å². The van der Waals surface area contributed by atoms with E-state index in [1.54, 1.807) is 7.11 Å². The van der Waals surface area contributed by atoms with Gasteiger partial charge in [-0.05, 0) is 45.4 Å². The fourth-order valence-corrected chi connectivity index (χ4v) is 4.01. The summed E-state index contributed by atoms with van der Waals surface area (Å²) in [5.74, 6) is 3.16. The van der Waals surface area contributed by atoms with E-state index in [0.717, 1.165) is 47.8 Å². The van der Waals surface area contributed by atoms with E-state index in [1.807, 2.05) is 26.0 Å². The van der Waals surface area contributed by atoms with Gasteiger partial charge in [-0.25, -0.2) is 9.61 Å². The van der Waals surface area contributed by atoms with Gasteiger partial charge in [-0.15, -0.1) is 0 Å². The van der Waals surface area contributed by atoms with Crippen molar-refractivity contribution in [2.75, 3.05) is 20.4 Å². The number of aromatic nitrogens is 3. The Balaban J connectivity index is 1.42. The van der Waals surface area contributed by atoms with Gasteiger partial charge in [0.25, 0.3) is 0 Å². The van der Waals surface area contributed by atoms with Gasteiger partial charge in [-0.2, -0.15) is 0 Å². The molecule has 152 valence electrons. The molecular weight excluding hydrogens is 376 g/mol. The summed E-state index contributed by atoms with van der Waals surface area (Å²) in [6.07, 6.45) is 2.12. The second-order valence-corrected chi connectivity index (χ2v) is 7.30. The van der Waals surface area contributed by atoms with E-state index in [4.69, 9.17) is 28.2 Å². The molecule has 2 aliphatic rings. The van der Waals surface area contributed by atoms with E-state index in [2.05, 4.69) is 15.2 Å². The summed E-state index contributed by atoms with van der Waals surface area (Å²) >= 11 is 0. The summed E-state index contributed by atoms with van der Waals surface area (Å²) in [5, 5.41) is 8.03. The number of benzene rings is 1. The van der Waals surface area contributed by atoms with Crippen molar-refractivity contribution in [3.8, 4) is 28.7 Å². The fraction of sp³-hybridized carbons (Fsp3) is 0.450. The molecule has 0 radical (unpaired) electrons. The molecule has 0 amide bonds. The van der Waals surface area contributed by atoms with E-state index in [9.17, 15) is 0 Å². The lowest BCUT2D eigenvalue weighted by molar-refractivity contribution is 0.171. The number of hydrogen-bond acceptors (Lipinski definition) is 9. The van der Waals surface area contributed by atoms with Crippen molar-refractivity contribution in [2.45, 2.75) is 39.3 Å². The molecule has 2 aromatic heterocycles. The van der Waals surface area contributed by atoms with Crippen LogP contribution in [0.1, 0.15) is 41.7 Å². The average Bonchev–Trinajstić information content (AvgIpc) is 3.49. The molecule has 5 rings (SSSR count). The van der Waals surface area contributed by atoms with E-state index in [1.165, 1.54) is 0 Å². The molecule has 0 bridgehead atoms. The van der Waals surface area contributed by atoms with Crippen LogP contribution in [-0.2, 0) is 6.54 Å². The third-order valence-corrected chi connectivity index (χ3v) is 5.52. The lowest BCUT2D eigenvalue weighted by atomic mass is 10.1. The molecule has 1 fully saturated rings. The topological polar surface area (TPSA) is 95.9 Å². The predicted octanol–water partition coefficient (Wildman–Crippen LogP) is 3.42. The largest absolute Gasteiger partial charge is 0.493 e. The summed E-state index contributed by atoms with van der Waals surface area (Å²) in [7, 11) is 1.60. The second kappa shape index (κ2) is 7.07. The second-order valence-electron chi connectivity index (χ2n) is 7.30. The van der Waals surface area contributed by atoms with Gasteiger partial charge < -0.3 is 18.6 Å². The maximum atomic E-state index is 5.98. The lowest BCUT2D eigenvalue weighted by Gasteiger charge is -2.21. The molecule has 9 nitrogen and oxygen atoms in total. The molecule has 2 aliphatic heterocycles. The summed E-state index contributed by atoms with van der Waals surface area (Å²) in [6, 6.07) is 3.90. The molecule has 0 aliphatic carbocycles. The van der Waals surface area contributed by atoms with Crippen LogP contribution in [0.25, 0.3) is 11.5 Å². The summed E-state index contributed by atoms with van der Waals surface area (Å²) in [4.78, 5) is 7.11. The smallest absolute Gasteiger partial charge is 0.231 e. The number of hydrogen-bond donors (Lipinski definition) is 0. The molecule has 9 heteroatoms. The average molecular weight is 398 g/mol. The van der Waals surface area contributed by atoms with E-state index >= 15 is 0 Å². The quantitative estimate of drug-likeness (QED) is 0.640. The number of likely N-dealkylation sites (tertiary alicyclic amines) is 1. The van der Waals surface area contributed by atoms with Gasteiger partial charge in [0, 0.05) is 12.1 Å². The highest BCUT2D eigenvalue weighted by Crippen LogP contribution is 2.44. The van der Waals surface area contributed by atoms with Crippen LogP contribution in [0.3, 0.4) is 0 Å². The summed E-state index contributed by atoms with van der Waals surface area (Å²) in [6.45, 7) is 5.68. The van der Waals surface area contributed by atoms with E-state index < -0.39 is 0 Å². The molecular formula is C20H22N4O5. The SMILES string of the molecule is COc1cc(-c2nc(CN3CCC[C@H]3c3nonc3C)c(C)o2)cc2c1OCO2. The minimum Gasteiger partial charge on any atom is -0.493 e. The van der Waals surface area contributed by atoms with Crippen LogP contribution in [0.2, 0.25) is 0 Å². The number of oxazole rings is 1. The van der Waals surface area contributed by atoms with Gasteiger partial charge in [-0.3, -0.25) is 4.90 Å². The maximum absolute atomic E-state index is 5.98. The first-order valence-electron chi connectivity index (χ1n) is 9.61. The van der Waals surface area contributed by atoms with Crippen molar-refractivity contribution in [1.29, 1.82) is 0 Å². The summed E-state index contributed by atoms with van der Waals surface area (Å²) < 4.78 is 27.3. The molecule has 0 spiro atoms. The van der Waals surface area contributed by atoms with Crippen LogP contribution in [0.4, 0.5) is 0 Å². The van der Waals surface area contributed by atoms with Gasteiger partial charge in [0.05, 0.1) is 18.8 Å². The van der Waals surface area contributed by atoms with Crippen LogP contribution in [0, 0.1) is 13.8 Å². The van der Waals surface area contributed by atoms with Crippen LogP contribution in [-0.4, -0.2) is 40.6 Å². The minimum absolute atomic E-state index is 0.178. The monoisotopic (exact) mass is 398 g/mol. The van der Waals surface area contributed by atoms with Crippen molar-refractivity contribution in [3.05, 3.63) is 35.0 Å². The van der Waals surface area contributed by atoms with Crippen molar-refractivity contribution in [2.24, 2.45) is 0 Å². The van der Waals surface area contributed by atoms with Crippen molar-refractivity contribution in [1.82, 2.24) is 20.2 Å². The fourth-order valence-electron chi connectivity index (χ4n) is 4.01. The first kappa shape index (κ1) is 18.0. The van der Waals surface area contributed by atoms with Gasteiger partial charge in [-0.1, -0.05) is 10.3 Å². The molecule has 0 N–H and O–H groups in total. The number of fused-ring (bicyclic) bond motifs is 1. The predicted molar refractivity (Wildman–Crippen MR) is 101 cm³/mol. The van der Waals surface area contributed by atoms with E-state index in [-0.39, 0.29) is 12.8 Å². The van der Waals surface area contributed by atoms with Crippen molar-refractivity contribution >= 4 is 0 Å². The number of nitrogens with zero attached hydrogens (tertiary/aromatic N) is 4. The zero-order valence-corrected chi connectivity index (χ0v) is 16.6. The molecule has 29 heavy (non-hydrogen) atoms. The first-order chi connectivity index (χ1) is 14.1. The first-order valence-corrected chi connectivity index (χ1v) is 9.61. The number of rotatable bonds is 5. The minimum atomic E-state index is 0.178. The van der Waals surface area contributed by atoms with E-state index in [0.29, 0.717) is 29.7 Å². The zero-order valence-electron chi connectivity index (χ0n) is 16.6. The molecule has 0 saturated carbocycles. The Morgan fingerprint density at radius 1 is 1.21 bits per heavy atom. The lowest BCUT2D eigenvalue weighted by Crippen LogP contribution is -2.24. The Labute approximate surface area is 167 Å². The Morgan fingerprint density at radius 2 is 2.10 bits per heavy atom. The molecule has 4 heterocycles. The van der Waals surface area contributed by atoms with Crippen LogP contribution in [0.5, 0.6) is 17.2 Å². The van der Waals surface area contributed by atoms with Gasteiger partial charge >= 0.3 is 0 Å². The number of methoxy groups -OCH3 is 1. The Kier molecular flexibility index (Phi) is 4.39. The molecule has 0 unspecified atom stereocenters. The third-order valence-electron chi connectivity index (χ3n) is 5.52. The van der Waals surface area contributed by atoms with Crippen LogP contribution in [0.15, 0.2) is 21.2 Å². The maximum Gasteiger partial charge on any atom is 0.231 e. The Bertz CT molecular complexity index is 1040. The zero-order chi connectivity index (χ0) is 20.0. The highest BCUT2D eigenvalue weighted by atomic mass is 16.7. The molecule has 1 saturated heterocycles. The van der Waals surface area contributed by atoms with Gasteiger partial charge in [0.1, 0.15) is 17.1 Å². The van der Waals surface area contributed by atoms with Crippen LogP contribution < -0.4 is 14.2 Å². The van der Waals surface area contributed by atoms with Gasteiger partial charge in [0.15, 0.2) is 11.5 Å². The van der Waals surface area contributed by atoms with Crippen molar-refractivity contribution in [3.63, 3.8) is 0 Å². The molecule has 1 atom stereocenters. The number of aryl methyl sites for hydroxylation is 2. The highest BCUT2D eigenvalue weighted by molar-refractivity contribution is 5.66. The highest BCUT2D eigenvalue weighted by Gasteiger charge is 2.31.